The molecule has 1 N–H and O–H groups in total. The summed E-state index contributed by atoms with van der Waals surface area (Å²) in [4.78, 5) is 2.55. The van der Waals surface area contributed by atoms with Gasteiger partial charge in [-0.3, -0.25) is 0 Å². The lowest BCUT2D eigenvalue weighted by Gasteiger charge is -2.31. The van der Waals surface area contributed by atoms with Crippen LogP contribution >= 0.6 is 0 Å². The molecule has 1 aliphatic heterocycles. The first-order valence-electron chi connectivity index (χ1n) is 7.90. The summed E-state index contributed by atoms with van der Waals surface area (Å²) in [6.45, 7) is 7.05. The number of benzene rings is 1. The van der Waals surface area contributed by atoms with Crippen LogP contribution < -0.4 is 5.32 Å². The van der Waals surface area contributed by atoms with Crippen LogP contribution in [0.2, 0.25) is 0 Å². The van der Waals surface area contributed by atoms with Crippen LogP contribution in [0, 0.1) is 0 Å². The van der Waals surface area contributed by atoms with Crippen molar-refractivity contribution < 1.29 is 0 Å². The summed E-state index contributed by atoms with van der Waals surface area (Å²) >= 11 is 0. The monoisotopic (exact) mass is 258 g/mol. The van der Waals surface area contributed by atoms with Gasteiger partial charge < -0.3 is 10.2 Å². The van der Waals surface area contributed by atoms with Crippen molar-refractivity contribution in [3.8, 4) is 0 Å². The van der Waals surface area contributed by atoms with Gasteiger partial charge in [-0.25, -0.2) is 0 Å². The molecule has 2 nitrogen and oxygen atoms in total. The molecule has 0 atom stereocenters. The van der Waals surface area contributed by atoms with Crippen LogP contribution in [0.4, 0.5) is 0 Å². The number of nitrogens with one attached hydrogen (secondary N) is 1. The second kappa shape index (κ2) is 6.06. The molecule has 1 heterocycles. The minimum atomic E-state index is 0.718. The zero-order valence-electron chi connectivity index (χ0n) is 12.1. The molecule has 2 aliphatic rings. The minimum Gasteiger partial charge on any atom is -0.310 e. The highest BCUT2D eigenvalue weighted by Gasteiger charge is 2.25. The lowest BCUT2D eigenvalue weighted by molar-refractivity contribution is 0.206. The molecule has 0 spiro atoms. The Morgan fingerprint density at radius 1 is 1.11 bits per heavy atom. The van der Waals surface area contributed by atoms with Crippen molar-refractivity contribution >= 4 is 0 Å². The van der Waals surface area contributed by atoms with Crippen LogP contribution in [0.15, 0.2) is 24.3 Å². The standard InChI is InChI=1S/C17H26N2/c1-2-19-11-9-16(10-12-19)18-13-15-5-3-4-6-17(15)14-7-8-14/h3-6,14,16,18H,2,7-13H2,1H3. The summed E-state index contributed by atoms with van der Waals surface area (Å²) in [5.41, 5.74) is 3.13. The molecule has 1 aromatic rings. The van der Waals surface area contributed by atoms with E-state index in [2.05, 4.69) is 41.4 Å². The van der Waals surface area contributed by atoms with Crippen LogP contribution in [-0.4, -0.2) is 30.6 Å². The van der Waals surface area contributed by atoms with Gasteiger partial charge in [0.15, 0.2) is 0 Å². The highest BCUT2D eigenvalue weighted by Crippen LogP contribution is 2.41. The summed E-state index contributed by atoms with van der Waals surface area (Å²) in [6, 6.07) is 9.73. The van der Waals surface area contributed by atoms with Gasteiger partial charge in [0.25, 0.3) is 0 Å². The predicted octanol–water partition coefficient (Wildman–Crippen LogP) is 3.14. The Kier molecular flexibility index (Phi) is 4.19. The molecule has 1 aliphatic carbocycles. The van der Waals surface area contributed by atoms with Crippen LogP contribution in [0.25, 0.3) is 0 Å². The molecule has 2 heteroatoms. The fourth-order valence-electron chi connectivity index (χ4n) is 3.20. The Hall–Kier alpha value is -0.860. The average Bonchev–Trinajstić information content (AvgIpc) is 3.30. The quantitative estimate of drug-likeness (QED) is 0.873. The predicted molar refractivity (Wildman–Crippen MR) is 80.4 cm³/mol. The van der Waals surface area contributed by atoms with Crippen molar-refractivity contribution in [2.45, 2.75) is 51.1 Å². The van der Waals surface area contributed by atoms with E-state index in [4.69, 9.17) is 0 Å². The van der Waals surface area contributed by atoms with Gasteiger partial charge in [-0.15, -0.1) is 0 Å². The van der Waals surface area contributed by atoms with Gasteiger partial charge >= 0.3 is 0 Å². The van der Waals surface area contributed by atoms with Gasteiger partial charge in [-0.1, -0.05) is 31.2 Å². The average molecular weight is 258 g/mol. The third-order valence-electron chi connectivity index (χ3n) is 4.69. The molecule has 0 unspecified atom stereocenters. The van der Waals surface area contributed by atoms with Gasteiger partial charge in [0.2, 0.25) is 0 Å². The van der Waals surface area contributed by atoms with E-state index in [1.54, 1.807) is 5.56 Å². The molecule has 0 amide bonds. The lowest BCUT2D eigenvalue weighted by Crippen LogP contribution is -2.42. The van der Waals surface area contributed by atoms with Gasteiger partial charge in [-0.05, 0) is 62.4 Å². The van der Waals surface area contributed by atoms with Crippen molar-refractivity contribution in [2.75, 3.05) is 19.6 Å². The summed E-state index contributed by atoms with van der Waals surface area (Å²) in [6.07, 6.45) is 5.40. The number of hydrogen-bond acceptors (Lipinski definition) is 2. The second-order valence-corrected chi connectivity index (χ2v) is 6.06. The fraction of sp³-hybridized carbons (Fsp3) is 0.647. The fourth-order valence-corrected chi connectivity index (χ4v) is 3.20. The molecule has 2 fully saturated rings. The minimum absolute atomic E-state index is 0.718. The molecular weight excluding hydrogens is 232 g/mol. The van der Waals surface area contributed by atoms with E-state index < -0.39 is 0 Å². The van der Waals surface area contributed by atoms with Crippen LogP contribution in [-0.2, 0) is 6.54 Å². The third-order valence-corrected chi connectivity index (χ3v) is 4.69. The van der Waals surface area contributed by atoms with Crippen LogP contribution in [0.3, 0.4) is 0 Å². The first-order chi connectivity index (χ1) is 9.36. The van der Waals surface area contributed by atoms with E-state index in [0.717, 1.165) is 18.5 Å². The topological polar surface area (TPSA) is 15.3 Å². The van der Waals surface area contributed by atoms with Crippen molar-refractivity contribution in [2.24, 2.45) is 0 Å². The first kappa shape index (κ1) is 13.1. The van der Waals surface area contributed by atoms with E-state index in [1.807, 2.05) is 0 Å². The summed E-state index contributed by atoms with van der Waals surface area (Å²) in [5.74, 6) is 0.861. The summed E-state index contributed by atoms with van der Waals surface area (Å²) in [7, 11) is 0. The zero-order valence-corrected chi connectivity index (χ0v) is 12.1. The maximum Gasteiger partial charge on any atom is 0.0210 e. The van der Waals surface area contributed by atoms with Crippen molar-refractivity contribution in [1.29, 1.82) is 0 Å². The maximum absolute atomic E-state index is 3.78. The second-order valence-electron chi connectivity index (χ2n) is 6.06. The zero-order chi connectivity index (χ0) is 13.1. The Labute approximate surface area is 117 Å². The summed E-state index contributed by atoms with van der Waals surface area (Å²) < 4.78 is 0. The number of hydrogen-bond donors (Lipinski definition) is 1. The largest absolute Gasteiger partial charge is 0.310 e. The number of likely N-dealkylation sites (tertiary alicyclic amines) is 1. The summed E-state index contributed by atoms with van der Waals surface area (Å²) in [5, 5.41) is 3.78. The molecule has 0 radical (unpaired) electrons. The highest BCUT2D eigenvalue weighted by atomic mass is 15.1. The number of rotatable bonds is 5. The van der Waals surface area contributed by atoms with E-state index in [1.165, 1.54) is 50.9 Å². The van der Waals surface area contributed by atoms with Gasteiger partial charge in [-0.2, -0.15) is 0 Å². The van der Waals surface area contributed by atoms with Gasteiger partial charge in [0, 0.05) is 12.6 Å². The SMILES string of the molecule is CCN1CCC(NCc2ccccc2C2CC2)CC1. The normalized spacial score (nSPS) is 21.7. The van der Waals surface area contributed by atoms with Crippen molar-refractivity contribution in [3.05, 3.63) is 35.4 Å². The Morgan fingerprint density at radius 3 is 2.53 bits per heavy atom. The van der Waals surface area contributed by atoms with E-state index >= 15 is 0 Å². The molecule has 1 saturated heterocycles. The van der Waals surface area contributed by atoms with E-state index in [0.29, 0.717) is 0 Å². The van der Waals surface area contributed by atoms with Crippen molar-refractivity contribution in [1.82, 2.24) is 10.2 Å². The van der Waals surface area contributed by atoms with Gasteiger partial charge in [0.1, 0.15) is 0 Å². The molecule has 0 aromatic heterocycles. The van der Waals surface area contributed by atoms with E-state index in [9.17, 15) is 0 Å². The third kappa shape index (κ3) is 3.37. The van der Waals surface area contributed by atoms with Crippen LogP contribution in [0.5, 0.6) is 0 Å². The molecule has 104 valence electrons. The molecule has 19 heavy (non-hydrogen) atoms. The molecule has 1 saturated carbocycles. The van der Waals surface area contributed by atoms with Crippen LogP contribution in [0.1, 0.15) is 49.7 Å². The number of piperidine rings is 1. The smallest absolute Gasteiger partial charge is 0.0210 e. The Morgan fingerprint density at radius 2 is 1.84 bits per heavy atom. The molecule has 1 aromatic carbocycles. The van der Waals surface area contributed by atoms with Gasteiger partial charge in [0.05, 0.1) is 0 Å². The Balaban J connectivity index is 1.52. The number of nitrogens with zero attached hydrogens (tertiary/aromatic N) is 1. The molecule has 0 bridgehead atoms. The maximum atomic E-state index is 3.78. The van der Waals surface area contributed by atoms with E-state index in [-0.39, 0.29) is 0 Å². The Bertz CT molecular complexity index is 403. The first-order valence-corrected chi connectivity index (χ1v) is 7.90. The van der Waals surface area contributed by atoms with Crippen molar-refractivity contribution in [3.63, 3.8) is 0 Å². The highest BCUT2D eigenvalue weighted by molar-refractivity contribution is 5.33. The molecule has 3 rings (SSSR count). The lowest BCUT2D eigenvalue weighted by atomic mass is 10.0. The molecular formula is C17H26N2.